The summed E-state index contributed by atoms with van der Waals surface area (Å²) in [5.74, 6) is 3.46. The smallest absolute Gasteiger partial charge is 0.259 e. The molecule has 0 unspecified atom stereocenters. The van der Waals surface area contributed by atoms with Crippen molar-refractivity contribution in [2.75, 3.05) is 23.4 Å². The lowest BCUT2D eigenvalue weighted by atomic mass is 10.1. The van der Waals surface area contributed by atoms with Gasteiger partial charge in [-0.15, -0.1) is 6.42 Å². The highest BCUT2D eigenvalue weighted by molar-refractivity contribution is 6.08. The summed E-state index contributed by atoms with van der Waals surface area (Å²) in [6, 6.07) is 7.34. The van der Waals surface area contributed by atoms with E-state index in [0.29, 0.717) is 30.1 Å². The van der Waals surface area contributed by atoms with Gasteiger partial charge in [0.1, 0.15) is 18.2 Å². The van der Waals surface area contributed by atoms with Crippen LogP contribution in [0.25, 0.3) is 0 Å². The summed E-state index contributed by atoms with van der Waals surface area (Å²) in [4.78, 5) is 30.3. The van der Waals surface area contributed by atoms with Gasteiger partial charge in [0.15, 0.2) is 0 Å². The molecule has 3 heterocycles. The molecule has 2 aliphatic heterocycles. The molecule has 0 atom stereocenters. The van der Waals surface area contributed by atoms with Gasteiger partial charge in [-0.2, -0.15) is 0 Å². The molecular weight excluding hydrogens is 318 g/mol. The molecule has 6 heteroatoms. The van der Waals surface area contributed by atoms with Crippen molar-refractivity contribution in [2.24, 2.45) is 0 Å². The van der Waals surface area contributed by atoms with Crippen LogP contribution in [0.15, 0.2) is 30.5 Å². The van der Waals surface area contributed by atoms with Crippen molar-refractivity contribution in [3.63, 3.8) is 0 Å². The first-order chi connectivity index (χ1) is 12.2. The molecule has 0 saturated carbocycles. The summed E-state index contributed by atoms with van der Waals surface area (Å²) in [5.41, 5.74) is 3.03. The fourth-order valence-corrected chi connectivity index (χ4v) is 3.25. The van der Waals surface area contributed by atoms with E-state index in [1.807, 2.05) is 18.2 Å². The quantitative estimate of drug-likeness (QED) is 0.870. The number of carbonyl (C=O) groups is 2. The van der Waals surface area contributed by atoms with Crippen molar-refractivity contribution in [3.8, 4) is 18.1 Å². The van der Waals surface area contributed by atoms with E-state index in [2.05, 4.69) is 16.2 Å². The van der Waals surface area contributed by atoms with E-state index in [1.54, 1.807) is 11.0 Å². The molecule has 2 aromatic rings. The Morgan fingerprint density at radius 3 is 3.16 bits per heavy atom. The Balaban J connectivity index is 1.63. The Hall–Kier alpha value is -3.33. The fourth-order valence-electron chi connectivity index (χ4n) is 3.25. The van der Waals surface area contributed by atoms with Gasteiger partial charge in [-0.1, -0.05) is 12.0 Å². The van der Waals surface area contributed by atoms with Crippen LogP contribution in [0.2, 0.25) is 0 Å². The van der Waals surface area contributed by atoms with E-state index in [1.165, 1.54) is 6.20 Å². The molecule has 0 fully saturated rings. The topological polar surface area (TPSA) is 71.5 Å². The van der Waals surface area contributed by atoms with E-state index < -0.39 is 0 Å². The number of terminal acetylenes is 1. The summed E-state index contributed by atoms with van der Waals surface area (Å²) in [7, 11) is 0. The van der Waals surface area contributed by atoms with Gasteiger partial charge in [0.2, 0.25) is 5.91 Å². The third-order valence-electron chi connectivity index (χ3n) is 4.36. The van der Waals surface area contributed by atoms with Gasteiger partial charge in [-0.3, -0.25) is 9.59 Å². The van der Waals surface area contributed by atoms with Crippen LogP contribution in [0.4, 0.5) is 11.5 Å². The lowest BCUT2D eigenvalue weighted by molar-refractivity contribution is -0.115. The molecule has 25 heavy (non-hydrogen) atoms. The third-order valence-corrected chi connectivity index (χ3v) is 4.36. The number of nitrogens with one attached hydrogen (secondary N) is 1. The highest BCUT2D eigenvalue weighted by Crippen LogP contribution is 2.36. The van der Waals surface area contributed by atoms with Crippen LogP contribution in [0.1, 0.15) is 21.5 Å². The zero-order chi connectivity index (χ0) is 17.4. The number of hydrogen-bond acceptors (Lipinski definition) is 4. The van der Waals surface area contributed by atoms with Crippen molar-refractivity contribution in [1.82, 2.24) is 4.98 Å². The third kappa shape index (κ3) is 2.60. The first-order valence-electron chi connectivity index (χ1n) is 7.96. The molecule has 1 aromatic heterocycles. The van der Waals surface area contributed by atoms with Crippen molar-refractivity contribution in [3.05, 3.63) is 47.2 Å². The molecule has 2 aliphatic rings. The van der Waals surface area contributed by atoms with Crippen LogP contribution in [-0.2, 0) is 17.6 Å². The number of anilines is 2. The Kier molecular flexibility index (Phi) is 3.62. The van der Waals surface area contributed by atoms with Crippen LogP contribution in [0.3, 0.4) is 0 Å². The summed E-state index contributed by atoms with van der Waals surface area (Å²) in [5, 5.41) is 2.67. The van der Waals surface area contributed by atoms with Crippen molar-refractivity contribution in [2.45, 2.75) is 12.8 Å². The number of aromatic nitrogens is 1. The molecule has 1 aromatic carbocycles. The number of benzene rings is 1. The maximum atomic E-state index is 12.9. The number of amides is 2. The van der Waals surface area contributed by atoms with E-state index in [4.69, 9.17) is 11.2 Å². The largest absolute Gasteiger partial charge is 0.481 e. The average molecular weight is 333 g/mol. The first kappa shape index (κ1) is 15.2. The van der Waals surface area contributed by atoms with Gasteiger partial charge in [0, 0.05) is 23.9 Å². The highest BCUT2D eigenvalue weighted by atomic mass is 16.5. The molecule has 0 aliphatic carbocycles. The number of pyridine rings is 1. The molecule has 0 radical (unpaired) electrons. The molecule has 6 nitrogen and oxygen atoms in total. The number of fused-ring (bicyclic) bond motifs is 2. The Morgan fingerprint density at radius 1 is 1.44 bits per heavy atom. The van der Waals surface area contributed by atoms with Gasteiger partial charge in [-0.25, -0.2) is 4.98 Å². The van der Waals surface area contributed by atoms with Crippen LogP contribution < -0.4 is 15.0 Å². The molecule has 0 saturated heterocycles. The van der Waals surface area contributed by atoms with Crippen LogP contribution in [-0.4, -0.2) is 29.9 Å². The second kappa shape index (κ2) is 5.95. The van der Waals surface area contributed by atoms with E-state index in [0.717, 1.165) is 16.8 Å². The second-order valence-corrected chi connectivity index (χ2v) is 5.91. The minimum atomic E-state index is -0.137. The highest BCUT2D eigenvalue weighted by Gasteiger charge is 2.29. The van der Waals surface area contributed by atoms with Crippen molar-refractivity contribution < 1.29 is 14.3 Å². The molecule has 1 N–H and O–H groups in total. The fraction of sp³-hybridized carbons (Fsp3) is 0.211. The lowest BCUT2D eigenvalue weighted by Gasteiger charge is -2.18. The molecule has 0 spiro atoms. The zero-order valence-electron chi connectivity index (χ0n) is 13.4. The molecule has 0 bridgehead atoms. The molecule has 4 rings (SSSR count). The minimum absolute atomic E-state index is 0.103. The van der Waals surface area contributed by atoms with Crippen molar-refractivity contribution >= 4 is 23.3 Å². The number of rotatable bonds is 3. The Labute approximate surface area is 144 Å². The average Bonchev–Trinajstić information content (AvgIpc) is 3.21. The van der Waals surface area contributed by atoms with Gasteiger partial charge in [0.05, 0.1) is 17.7 Å². The van der Waals surface area contributed by atoms with Crippen LogP contribution in [0, 0.1) is 12.3 Å². The van der Waals surface area contributed by atoms with Crippen LogP contribution >= 0.6 is 0 Å². The summed E-state index contributed by atoms with van der Waals surface area (Å²) in [6.07, 6.45) is 7.72. The van der Waals surface area contributed by atoms with Crippen LogP contribution in [0.5, 0.6) is 5.75 Å². The maximum Gasteiger partial charge on any atom is 0.259 e. The standard InChI is InChI=1S/C19H15N3O3/c1-2-8-25-16-5-3-4-15-14(16)6-7-22(15)19(24)13-9-12-10-17(23)21-18(12)20-11-13/h1,3-5,9,11H,6-8,10H2,(H,20,21,23). The van der Waals surface area contributed by atoms with E-state index in [9.17, 15) is 9.59 Å². The van der Waals surface area contributed by atoms with Gasteiger partial charge in [-0.05, 0) is 24.6 Å². The van der Waals surface area contributed by atoms with Crippen molar-refractivity contribution in [1.29, 1.82) is 0 Å². The van der Waals surface area contributed by atoms with E-state index >= 15 is 0 Å². The Bertz CT molecular complexity index is 930. The summed E-state index contributed by atoms with van der Waals surface area (Å²) >= 11 is 0. The SMILES string of the molecule is C#CCOc1cccc2c1CCN2C(=O)c1cnc2c(c1)CC(=O)N2. The van der Waals surface area contributed by atoms with Gasteiger partial charge in [0.25, 0.3) is 5.91 Å². The summed E-state index contributed by atoms with van der Waals surface area (Å²) in [6.45, 7) is 0.763. The predicted octanol–water partition coefficient (Wildman–Crippen LogP) is 1.79. The summed E-state index contributed by atoms with van der Waals surface area (Å²) < 4.78 is 5.57. The lowest BCUT2D eigenvalue weighted by Crippen LogP contribution is -2.29. The number of nitrogens with zero attached hydrogens (tertiary/aromatic N) is 2. The first-order valence-corrected chi connectivity index (χ1v) is 7.96. The predicted molar refractivity (Wildman–Crippen MR) is 92.7 cm³/mol. The molecule has 2 amide bonds. The molecular formula is C19H15N3O3. The number of hydrogen-bond donors (Lipinski definition) is 1. The van der Waals surface area contributed by atoms with Gasteiger partial charge >= 0.3 is 0 Å². The Morgan fingerprint density at radius 2 is 2.32 bits per heavy atom. The second-order valence-electron chi connectivity index (χ2n) is 5.91. The molecule has 124 valence electrons. The number of carbonyl (C=O) groups excluding carboxylic acids is 2. The normalized spacial score (nSPS) is 14.5. The monoisotopic (exact) mass is 333 g/mol. The minimum Gasteiger partial charge on any atom is -0.481 e. The number of ether oxygens (including phenoxy) is 1. The maximum absolute atomic E-state index is 12.9. The zero-order valence-corrected chi connectivity index (χ0v) is 13.4. The van der Waals surface area contributed by atoms with Gasteiger partial charge < -0.3 is 15.0 Å². The van der Waals surface area contributed by atoms with E-state index in [-0.39, 0.29) is 24.8 Å².